The van der Waals surface area contributed by atoms with Crippen molar-refractivity contribution < 1.29 is 23.1 Å². The number of rotatable bonds is 6. The van der Waals surface area contributed by atoms with Crippen molar-refractivity contribution in [2.45, 2.75) is 10.9 Å². The first kappa shape index (κ1) is 15.4. The zero-order valence-electron chi connectivity index (χ0n) is 11.3. The fourth-order valence-corrected chi connectivity index (χ4v) is 3.41. The molecule has 0 aliphatic heterocycles. The summed E-state index contributed by atoms with van der Waals surface area (Å²) in [5.74, 6) is -1.29. The SMILES string of the molecule is COCC(NS(=O)(=O)c1cccc2ccccc12)C(=O)O. The highest BCUT2D eigenvalue weighted by Gasteiger charge is 2.26. The molecule has 0 saturated carbocycles. The number of nitrogens with one attached hydrogen (secondary N) is 1. The lowest BCUT2D eigenvalue weighted by atomic mass is 10.1. The summed E-state index contributed by atoms with van der Waals surface area (Å²) >= 11 is 0. The number of sulfonamides is 1. The summed E-state index contributed by atoms with van der Waals surface area (Å²) in [6.07, 6.45) is 0. The molecule has 0 radical (unpaired) electrons. The first-order chi connectivity index (χ1) is 9.95. The molecular formula is C14H15NO5S. The quantitative estimate of drug-likeness (QED) is 0.837. The largest absolute Gasteiger partial charge is 0.480 e. The average molecular weight is 309 g/mol. The van der Waals surface area contributed by atoms with Gasteiger partial charge >= 0.3 is 5.97 Å². The summed E-state index contributed by atoms with van der Waals surface area (Å²) in [7, 11) is -2.66. The third kappa shape index (κ3) is 3.38. The molecule has 0 fully saturated rings. The lowest BCUT2D eigenvalue weighted by molar-refractivity contribution is -0.140. The van der Waals surface area contributed by atoms with Crippen LogP contribution in [0.4, 0.5) is 0 Å². The number of carboxylic acid groups (broad SMARTS) is 1. The van der Waals surface area contributed by atoms with E-state index in [4.69, 9.17) is 9.84 Å². The van der Waals surface area contributed by atoms with Crippen molar-refractivity contribution in [3.8, 4) is 0 Å². The number of carbonyl (C=O) groups is 1. The minimum atomic E-state index is -3.96. The Bertz CT molecular complexity index is 752. The van der Waals surface area contributed by atoms with Gasteiger partial charge in [-0.1, -0.05) is 36.4 Å². The van der Waals surface area contributed by atoms with E-state index in [2.05, 4.69) is 4.72 Å². The highest BCUT2D eigenvalue weighted by Crippen LogP contribution is 2.22. The molecule has 21 heavy (non-hydrogen) atoms. The molecule has 0 aliphatic carbocycles. The highest BCUT2D eigenvalue weighted by atomic mass is 32.2. The van der Waals surface area contributed by atoms with Gasteiger partial charge in [0.15, 0.2) is 0 Å². The van der Waals surface area contributed by atoms with Crippen molar-refractivity contribution in [2.75, 3.05) is 13.7 Å². The highest BCUT2D eigenvalue weighted by molar-refractivity contribution is 7.89. The molecule has 2 N–H and O–H groups in total. The predicted molar refractivity (Wildman–Crippen MR) is 77.6 cm³/mol. The molecule has 0 aliphatic rings. The molecule has 7 heteroatoms. The number of aliphatic carboxylic acids is 1. The summed E-state index contributed by atoms with van der Waals surface area (Å²) in [6.45, 7) is -0.251. The van der Waals surface area contributed by atoms with Crippen molar-refractivity contribution in [1.29, 1.82) is 0 Å². The van der Waals surface area contributed by atoms with Crippen LogP contribution in [-0.2, 0) is 19.6 Å². The number of fused-ring (bicyclic) bond motifs is 1. The van der Waals surface area contributed by atoms with Crippen molar-refractivity contribution in [3.05, 3.63) is 42.5 Å². The van der Waals surface area contributed by atoms with Crippen molar-refractivity contribution in [1.82, 2.24) is 4.72 Å². The zero-order valence-corrected chi connectivity index (χ0v) is 12.1. The van der Waals surface area contributed by atoms with Gasteiger partial charge in [-0.05, 0) is 11.5 Å². The van der Waals surface area contributed by atoms with Crippen LogP contribution in [0.3, 0.4) is 0 Å². The van der Waals surface area contributed by atoms with E-state index in [0.717, 1.165) is 5.39 Å². The third-order valence-corrected chi connectivity index (χ3v) is 4.50. The van der Waals surface area contributed by atoms with Crippen molar-refractivity contribution in [2.24, 2.45) is 0 Å². The smallest absolute Gasteiger partial charge is 0.324 e. The molecule has 1 unspecified atom stereocenters. The van der Waals surface area contributed by atoms with Gasteiger partial charge < -0.3 is 9.84 Å². The van der Waals surface area contributed by atoms with Crippen LogP contribution in [0.25, 0.3) is 10.8 Å². The standard InChI is InChI=1S/C14H15NO5S/c1-20-9-12(14(16)17)15-21(18,19)13-8-4-6-10-5-2-3-7-11(10)13/h2-8,12,15H,9H2,1H3,(H,16,17). The van der Waals surface area contributed by atoms with E-state index in [9.17, 15) is 13.2 Å². The van der Waals surface area contributed by atoms with Crippen molar-refractivity contribution >= 4 is 26.8 Å². The van der Waals surface area contributed by atoms with Gasteiger partial charge in [0, 0.05) is 12.5 Å². The summed E-state index contributed by atoms with van der Waals surface area (Å²) in [4.78, 5) is 11.1. The van der Waals surface area contributed by atoms with Gasteiger partial charge in [0.25, 0.3) is 0 Å². The fourth-order valence-electron chi connectivity index (χ4n) is 2.00. The predicted octanol–water partition coefficient (Wildman–Crippen LogP) is 1.22. The van der Waals surface area contributed by atoms with Crippen LogP contribution >= 0.6 is 0 Å². The minimum Gasteiger partial charge on any atom is -0.480 e. The molecule has 0 spiro atoms. The maximum Gasteiger partial charge on any atom is 0.324 e. The molecule has 1 atom stereocenters. The molecule has 0 bridgehead atoms. The monoisotopic (exact) mass is 309 g/mol. The Labute approximate surface area is 122 Å². The van der Waals surface area contributed by atoms with Crippen LogP contribution < -0.4 is 4.72 Å². The molecule has 0 heterocycles. The molecular weight excluding hydrogens is 294 g/mol. The normalized spacial score (nSPS) is 13.2. The number of benzene rings is 2. The second kappa shape index (κ2) is 6.21. The van der Waals surface area contributed by atoms with Gasteiger partial charge in [0.1, 0.15) is 6.04 Å². The van der Waals surface area contributed by atoms with E-state index in [1.807, 2.05) is 0 Å². The van der Waals surface area contributed by atoms with Gasteiger partial charge in [-0.2, -0.15) is 4.72 Å². The Morgan fingerprint density at radius 2 is 1.90 bits per heavy atom. The second-order valence-electron chi connectivity index (χ2n) is 4.44. The van der Waals surface area contributed by atoms with Crippen LogP contribution in [0.1, 0.15) is 0 Å². The van der Waals surface area contributed by atoms with Crippen LogP contribution in [0.2, 0.25) is 0 Å². The van der Waals surface area contributed by atoms with Gasteiger partial charge in [-0.15, -0.1) is 0 Å². The minimum absolute atomic E-state index is 0.0444. The summed E-state index contributed by atoms with van der Waals surface area (Å²) in [6, 6.07) is 10.5. The Hall–Kier alpha value is -1.96. The van der Waals surface area contributed by atoms with E-state index < -0.39 is 22.0 Å². The Morgan fingerprint density at radius 1 is 1.24 bits per heavy atom. The molecule has 2 aromatic rings. The number of methoxy groups -OCH3 is 1. The van der Waals surface area contributed by atoms with Gasteiger partial charge in [-0.3, -0.25) is 4.79 Å². The fraction of sp³-hybridized carbons (Fsp3) is 0.214. The van der Waals surface area contributed by atoms with E-state index in [0.29, 0.717) is 5.39 Å². The number of carboxylic acids is 1. The molecule has 2 aromatic carbocycles. The number of ether oxygens (including phenoxy) is 1. The second-order valence-corrected chi connectivity index (χ2v) is 6.13. The van der Waals surface area contributed by atoms with E-state index in [1.54, 1.807) is 36.4 Å². The Kier molecular flexibility index (Phi) is 4.56. The Balaban J connectivity index is 2.44. The molecule has 0 amide bonds. The van der Waals surface area contributed by atoms with Gasteiger partial charge in [0.2, 0.25) is 10.0 Å². The third-order valence-electron chi connectivity index (χ3n) is 2.97. The average Bonchev–Trinajstić information content (AvgIpc) is 2.46. The van der Waals surface area contributed by atoms with Gasteiger partial charge in [-0.25, -0.2) is 8.42 Å². The molecule has 0 aromatic heterocycles. The van der Waals surface area contributed by atoms with E-state index >= 15 is 0 Å². The number of hydrogen-bond donors (Lipinski definition) is 2. The van der Waals surface area contributed by atoms with Crippen LogP contribution in [0.15, 0.2) is 47.4 Å². The number of hydrogen-bond acceptors (Lipinski definition) is 4. The van der Waals surface area contributed by atoms with E-state index in [1.165, 1.54) is 13.2 Å². The van der Waals surface area contributed by atoms with Crippen LogP contribution in [0.5, 0.6) is 0 Å². The molecule has 0 saturated heterocycles. The Morgan fingerprint density at radius 3 is 2.57 bits per heavy atom. The van der Waals surface area contributed by atoms with E-state index in [-0.39, 0.29) is 11.5 Å². The first-order valence-electron chi connectivity index (χ1n) is 6.17. The summed E-state index contributed by atoms with van der Waals surface area (Å²) < 4.78 is 31.7. The van der Waals surface area contributed by atoms with Gasteiger partial charge in [0.05, 0.1) is 11.5 Å². The zero-order chi connectivity index (χ0) is 15.5. The summed E-state index contributed by atoms with van der Waals surface area (Å²) in [5.41, 5.74) is 0. The molecule has 112 valence electrons. The summed E-state index contributed by atoms with van der Waals surface area (Å²) in [5, 5.41) is 10.3. The van der Waals surface area contributed by atoms with Crippen LogP contribution in [0, 0.1) is 0 Å². The molecule has 6 nitrogen and oxygen atoms in total. The lowest BCUT2D eigenvalue weighted by Crippen LogP contribution is -2.43. The maximum atomic E-state index is 12.4. The molecule has 2 rings (SSSR count). The first-order valence-corrected chi connectivity index (χ1v) is 7.66. The lowest BCUT2D eigenvalue weighted by Gasteiger charge is -2.15. The maximum absolute atomic E-state index is 12.4. The van der Waals surface area contributed by atoms with Crippen molar-refractivity contribution in [3.63, 3.8) is 0 Å². The topological polar surface area (TPSA) is 92.7 Å². The van der Waals surface area contributed by atoms with Crippen LogP contribution in [-0.4, -0.2) is 39.3 Å².